The summed E-state index contributed by atoms with van der Waals surface area (Å²) in [5.41, 5.74) is 3.18. The van der Waals surface area contributed by atoms with Crippen LogP contribution in [0.4, 0.5) is 0 Å². The summed E-state index contributed by atoms with van der Waals surface area (Å²) in [7, 11) is 3.26. The molecule has 0 atom stereocenters. The highest BCUT2D eigenvalue weighted by Crippen LogP contribution is 2.26. The molecule has 7 heteroatoms. The zero-order valence-corrected chi connectivity index (χ0v) is 20.2. The predicted octanol–water partition coefficient (Wildman–Crippen LogP) is 5.66. The highest BCUT2D eigenvalue weighted by atomic mass is 127. The molecule has 0 unspecified atom stereocenters. The molecule has 0 spiro atoms. The van der Waals surface area contributed by atoms with Crippen molar-refractivity contribution < 1.29 is 9.47 Å². The molecule has 1 N–H and O–H groups in total. The van der Waals surface area contributed by atoms with E-state index in [4.69, 9.17) is 14.5 Å². The molecular formula is C26H20IN3O3. The smallest absolute Gasteiger partial charge is 0.266 e. The van der Waals surface area contributed by atoms with Gasteiger partial charge in [-0.2, -0.15) is 0 Å². The molecule has 0 radical (unpaired) electrons. The number of halogens is 1. The molecule has 33 heavy (non-hydrogen) atoms. The third-order valence-corrected chi connectivity index (χ3v) is 6.17. The molecule has 5 rings (SSSR count). The minimum atomic E-state index is -0.132. The number of H-pyrrole nitrogens is 1. The second-order valence-corrected chi connectivity index (χ2v) is 8.71. The van der Waals surface area contributed by atoms with Crippen molar-refractivity contribution in [2.45, 2.75) is 0 Å². The molecule has 0 saturated carbocycles. The lowest BCUT2D eigenvalue weighted by Gasteiger charge is -2.12. The van der Waals surface area contributed by atoms with Gasteiger partial charge in [0.15, 0.2) is 0 Å². The number of fused-ring (bicyclic) bond motifs is 2. The van der Waals surface area contributed by atoms with Gasteiger partial charge in [0, 0.05) is 32.3 Å². The van der Waals surface area contributed by atoms with E-state index >= 15 is 0 Å². The quantitative estimate of drug-likeness (QED) is 0.288. The first-order valence-electron chi connectivity index (χ1n) is 10.3. The predicted molar refractivity (Wildman–Crippen MR) is 140 cm³/mol. The van der Waals surface area contributed by atoms with Crippen LogP contribution < -0.4 is 15.0 Å². The van der Waals surface area contributed by atoms with Crippen molar-refractivity contribution in [1.82, 2.24) is 14.5 Å². The molecule has 5 aromatic rings. The second kappa shape index (κ2) is 8.74. The highest BCUT2D eigenvalue weighted by Gasteiger charge is 2.13. The molecule has 0 aliphatic rings. The van der Waals surface area contributed by atoms with Gasteiger partial charge < -0.3 is 14.5 Å². The summed E-state index contributed by atoms with van der Waals surface area (Å²) in [4.78, 5) is 21.7. The Labute approximate surface area is 203 Å². The summed E-state index contributed by atoms with van der Waals surface area (Å²) in [5, 5.41) is 1.59. The van der Waals surface area contributed by atoms with Crippen molar-refractivity contribution in [3.63, 3.8) is 0 Å². The van der Waals surface area contributed by atoms with Gasteiger partial charge in [-0.1, -0.05) is 6.07 Å². The average Bonchev–Trinajstić information content (AvgIpc) is 3.25. The molecule has 6 nitrogen and oxygen atoms in total. The van der Waals surface area contributed by atoms with Crippen molar-refractivity contribution >= 4 is 56.5 Å². The Morgan fingerprint density at radius 3 is 2.58 bits per heavy atom. The second-order valence-electron chi connectivity index (χ2n) is 7.46. The Hall–Kier alpha value is -3.59. The molecular weight excluding hydrogens is 529 g/mol. The van der Waals surface area contributed by atoms with Gasteiger partial charge in [0.1, 0.15) is 17.3 Å². The summed E-state index contributed by atoms with van der Waals surface area (Å²) < 4.78 is 13.4. The Kier molecular flexibility index (Phi) is 5.63. The molecule has 0 aliphatic carbocycles. The fourth-order valence-corrected chi connectivity index (χ4v) is 4.33. The van der Waals surface area contributed by atoms with Gasteiger partial charge in [-0.05, 0) is 83.3 Å². The Balaban J connectivity index is 1.72. The lowest BCUT2D eigenvalue weighted by molar-refractivity contribution is 0.414. The van der Waals surface area contributed by atoms with E-state index in [0.29, 0.717) is 28.2 Å². The highest BCUT2D eigenvalue weighted by molar-refractivity contribution is 14.1. The van der Waals surface area contributed by atoms with Gasteiger partial charge in [-0.3, -0.25) is 9.36 Å². The van der Waals surface area contributed by atoms with Crippen LogP contribution in [-0.4, -0.2) is 28.8 Å². The summed E-state index contributed by atoms with van der Waals surface area (Å²) in [6.45, 7) is 0. The van der Waals surface area contributed by atoms with Gasteiger partial charge in [0.05, 0.1) is 30.8 Å². The molecule has 2 heterocycles. The standard InChI is InChI=1S/C26H20IN3O3/c1-32-19-5-3-4-18(13-19)30-25(29-24-9-7-17(27)12-22(24)26(30)31)11-6-16-15-28-23-10-8-20(33-2)14-21(16)23/h3-15,28H,1-2H3/b11-6+. The van der Waals surface area contributed by atoms with Gasteiger partial charge in [-0.25, -0.2) is 4.98 Å². The maximum absolute atomic E-state index is 13.6. The van der Waals surface area contributed by atoms with Crippen molar-refractivity contribution in [2.24, 2.45) is 0 Å². The molecule has 0 saturated heterocycles. The number of benzene rings is 3. The fourth-order valence-electron chi connectivity index (χ4n) is 3.84. The number of rotatable bonds is 5. The number of aromatic amines is 1. The maximum atomic E-state index is 13.6. The zero-order valence-electron chi connectivity index (χ0n) is 18.0. The summed E-state index contributed by atoms with van der Waals surface area (Å²) in [5.74, 6) is 1.98. The van der Waals surface area contributed by atoms with E-state index in [0.717, 1.165) is 25.8 Å². The van der Waals surface area contributed by atoms with E-state index in [2.05, 4.69) is 27.6 Å². The molecule has 0 bridgehead atoms. The summed E-state index contributed by atoms with van der Waals surface area (Å²) >= 11 is 2.20. The van der Waals surface area contributed by atoms with Crippen LogP contribution in [0.2, 0.25) is 0 Å². The van der Waals surface area contributed by atoms with E-state index in [-0.39, 0.29) is 5.56 Å². The first-order valence-corrected chi connectivity index (χ1v) is 11.4. The first kappa shape index (κ1) is 21.3. The normalized spacial score (nSPS) is 11.5. The number of ether oxygens (including phenoxy) is 2. The number of nitrogens with one attached hydrogen (secondary N) is 1. The van der Waals surface area contributed by atoms with Crippen molar-refractivity contribution in [3.05, 3.63) is 92.2 Å². The van der Waals surface area contributed by atoms with E-state index in [1.54, 1.807) is 18.8 Å². The lowest BCUT2D eigenvalue weighted by atomic mass is 10.1. The molecule has 0 amide bonds. The third-order valence-electron chi connectivity index (χ3n) is 5.50. The number of hydrogen-bond donors (Lipinski definition) is 1. The molecule has 0 aliphatic heterocycles. The Morgan fingerprint density at radius 2 is 1.76 bits per heavy atom. The molecule has 3 aromatic carbocycles. The number of methoxy groups -OCH3 is 2. The van der Waals surface area contributed by atoms with E-state index < -0.39 is 0 Å². The molecule has 0 fully saturated rings. The van der Waals surface area contributed by atoms with E-state index in [1.165, 1.54) is 0 Å². The summed E-state index contributed by atoms with van der Waals surface area (Å²) in [6.07, 6.45) is 5.74. The number of hydrogen-bond acceptors (Lipinski definition) is 4. The SMILES string of the molecule is COc1cccc(-n2c(/C=C/c3c[nH]c4ccc(OC)cc34)nc3ccc(I)cc3c2=O)c1. The van der Waals surface area contributed by atoms with Crippen LogP contribution >= 0.6 is 22.6 Å². The number of aromatic nitrogens is 3. The van der Waals surface area contributed by atoms with Crippen LogP contribution in [0.5, 0.6) is 11.5 Å². The van der Waals surface area contributed by atoms with Gasteiger partial charge >= 0.3 is 0 Å². The fraction of sp³-hybridized carbons (Fsp3) is 0.0769. The molecule has 164 valence electrons. The van der Waals surface area contributed by atoms with Crippen LogP contribution in [0.25, 0.3) is 39.6 Å². The van der Waals surface area contributed by atoms with Gasteiger partial charge in [-0.15, -0.1) is 0 Å². The van der Waals surface area contributed by atoms with E-state index in [9.17, 15) is 4.79 Å². The Bertz CT molecular complexity index is 1580. The van der Waals surface area contributed by atoms with Crippen molar-refractivity contribution in [1.29, 1.82) is 0 Å². The maximum Gasteiger partial charge on any atom is 0.266 e. The largest absolute Gasteiger partial charge is 0.497 e. The van der Waals surface area contributed by atoms with Crippen LogP contribution in [0.15, 0.2) is 71.7 Å². The topological polar surface area (TPSA) is 69.1 Å². The monoisotopic (exact) mass is 549 g/mol. The van der Waals surface area contributed by atoms with Crippen LogP contribution in [-0.2, 0) is 0 Å². The minimum absolute atomic E-state index is 0.132. The van der Waals surface area contributed by atoms with Crippen LogP contribution in [0.3, 0.4) is 0 Å². The van der Waals surface area contributed by atoms with Crippen LogP contribution in [0, 0.1) is 3.57 Å². The first-order chi connectivity index (χ1) is 16.1. The zero-order chi connectivity index (χ0) is 22.9. The Morgan fingerprint density at radius 1 is 0.939 bits per heavy atom. The lowest BCUT2D eigenvalue weighted by Crippen LogP contribution is -2.22. The van der Waals surface area contributed by atoms with Crippen LogP contribution in [0.1, 0.15) is 11.4 Å². The minimum Gasteiger partial charge on any atom is -0.497 e. The van der Waals surface area contributed by atoms with Crippen molar-refractivity contribution in [2.75, 3.05) is 14.2 Å². The summed E-state index contributed by atoms with van der Waals surface area (Å²) in [6, 6.07) is 19.0. The van der Waals surface area contributed by atoms with E-state index in [1.807, 2.05) is 79.0 Å². The van der Waals surface area contributed by atoms with Crippen molar-refractivity contribution in [3.8, 4) is 17.2 Å². The van der Waals surface area contributed by atoms with Gasteiger partial charge in [0.25, 0.3) is 5.56 Å². The average molecular weight is 549 g/mol. The van der Waals surface area contributed by atoms with Gasteiger partial charge in [0.2, 0.25) is 0 Å². The third kappa shape index (κ3) is 4.00. The molecule has 2 aromatic heterocycles. The number of nitrogens with zero attached hydrogens (tertiary/aromatic N) is 2.